The zero-order valence-corrected chi connectivity index (χ0v) is 14.7. The first-order valence-corrected chi connectivity index (χ1v) is 8.85. The van der Waals surface area contributed by atoms with Gasteiger partial charge in [0.15, 0.2) is 0 Å². The number of halogens is 3. The number of fused-ring (bicyclic) bond motifs is 1. The van der Waals surface area contributed by atoms with Gasteiger partial charge in [-0.2, -0.15) is 18.3 Å². The van der Waals surface area contributed by atoms with Crippen LogP contribution in [0.3, 0.4) is 0 Å². The average Bonchev–Trinajstić information content (AvgIpc) is 3.02. The summed E-state index contributed by atoms with van der Waals surface area (Å²) in [5, 5.41) is 3.96. The van der Waals surface area contributed by atoms with Crippen LogP contribution in [0.2, 0.25) is 0 Å². The van der Waals surface area contributed by atoms with Gasteiger partial charge >= 0.3 is 12.1 Å². The van der Waals surface area contributed by atoms with E-state index in [1.54, 1.807) is 6.92 Å². The van der Waals surface area contributed by atoms with Gasteiger partial charge in [-0.05, 0) is 31.2 Å². The fourth-order valence-electron chi connectivity index (χ4n) is 3.57. The van der Waals surface area contributed by atoms with Crippen LogP contribution in [-0.4, -0.2) is 40.4 Å². The van der Waals surface area contributed by atoms with E-state index >= 15 is 0 Å². The molecule has 2 aromatic rings. The molecule has 144 valence electrons. The van der Waals surface area contributed by atoms with Crippen molar-refractivity contribution in [2.45, 2.75) is 26.1 Å². The molecule has 1 saturated carbocycles. The average molecular weight is 380 g/mol. The summed E-state index contributed by atoms with van der Waals surface area (Å²) in [4.78, 5) is 17.9. The Hall–Kier alpha value is -2.58. The third-order valence-corrected chi connectivity index (χ3v) is 5.06. The molecule has 0 radical (unpaired) electrons. The van der Waals surface area contributed by atoms with Crippen molar-refractivity contribution in [1.82, 2.24) is 14.8 Å². The summed E-state index contributed by atoms with van der Waals surface area (Å²) < 4.78 is 46.9. The van der Waals surface area contributed by atoms with Crippen molar-refractivity contribution in [3.8, 4) is 0 Å². The third kappa shape index (κ3) is 3.63. The van der Waals surface area contributed by atoms with E-state index in [4.69, 9.17) is 4.74 Å². The van der Waals surface area contributed by atoms with Crippen LogP contribution in [0.5, 0.6) is 0 Å². The second kappa shape index (κ2) is 6.54. The summed E-state index contributed by atoms with van der Waals surface area (Å²) in [6, 6.07) is 1.12. The molecule has 2 unspecified atom stereocenters. The molecule has 0 spiro atoms. The van der Waals surface area contributed by atoms with Crippen molar-refractivity contribution in [3.05, 3.63) is 41.3 Å². The number of carbonyl (C=O) groups excluding carboxylic acids is 1. The molecule has 0 aromatic carbocycles. The molecule has 2 aliphatic rings. The Morgan fingerprint density at radius 2 is 2.04 bits per heavy atom. The highest BCUT2D eigenvalue weighted by Crippen LogP contribution is 2.46. The van der Waals surface area contributed by atoms with Gasteiger partial charge in [-0.3, -0.25) is 4.68 Å². The Bertz CT molecular complexity index is 855. The van der Waals surface area contributed by atoms with Crippen LogP contribution in [0.15, 0.2) is 24.7 Å². The molecular weight excluding hydrogens is 361 g/mol. The van der Waals surface area contributed by atoms with Gasteiger partial charge in [0, 0.05) is 31.0 Å². The molecular formula is C18H19F3N4O2. The Morgan fingerprint density at radius 1 is 1.30 bits per heavy atom. The Morgan fingerprint density at radius 3 is 2.70 bits per heavy atom. The molecule has 2 atom stereocenters. The lowest BCUT2D eigenvalue weighted by atomic mass is 10.1. The topological polar surface area (TPSA) is 60.2 Å². The third-order valence-electron chi connectivity index (χ3n) is 5.06. The SMILES string of the molecule is CCOC(=O)c1cnn(Cc2cnc(N3CC4CC4C3)cc2C(F)(F)F)c1. The number of pyridine rings is 1. The Balaban J connectivity index is 1.57. The molecule has 0 N–H and O–H groups in total. The normalized spacial score (nSPS) is 21.3. The first-order chi connectivity index (χ1) is 12.8. The predicted octanol–water partition coefficient (Wildman–Crippen LogP) is 2.98. The zero-order chi connectivity index (χ0) is 19.2. The summed E-state index contributed by atoms with van der Waals surface area (Å²) in [6.07, 6.45) is 0.590. The molecule has 27 heavy (non-hydrogen) atoms. The Kier molecular flexibility index (Phi) is 4.32. The van der Waals surface area contributed by atoms with Gasteiger partial charge in [0.05, 0.1) is 30.5 Å². The molecule has 1 aliphatic carbocycles. The molecule has 6 nitrogen and oxygen atoms in total. The quantitative estimate of drug-likeness (QED) is 0.747. The van der Waals surface area contributed by atoms with Gasteiger partial charge in [-0.1, -0.05) is 0 Å². The molecule has 1 aliphatic heterocycles. The summed E-state index contributed by atoms with van der Waals surface area (Å²) in [6.45, 7) is 3.31. The van der Waals surface area contributed by atoms with E-state index in [0.717, 1.165) is 19.2 Å². The highest BCUT2D eigenvalue weighted by Gasteiger charge is 2.46. The van der Waals surface area contributed by atoms with Crippen molar-refractivity contribution in [1.29, 1.82) is 0 Å². The molecule has 9 heteroatoms. The van der Waals surface area contributed by atoms with E-state index in [-0.39, 0.29) is 24.3 Å². The lowest BCUT2D eigenvalue weighted by Gasteiger charge is -2.21. The molecule has 2 fully saturated rings. The predicted molar refractivity (Wildman–Crippen MR) is 90.3 cm³/mol. The van der Waals surface area contributed by atoms with E-state index < -0.39 is 17.7 Å². The molecule has 0 bridgehead atoms. The van der Waals surface area contributed by atoms with Crippen LogP contribution in [0, 0.1) is 11.8 Å². The number of hydrogen-bond donors (Lipinski definition) is 0. The van der Waals surface area contributed by atoms with Crippen LogP contribution in [-0.2, 0) is 17.5 Å². The molecule has 2 aromatic heterocycles. The number of aromatic nitrogens is 3. The molecule has 0 amide bonds. The van der Waals surface area contributed by atoms with E-state index in [1.807, 2.05) is 4.90 Å². The lowest BCUT2D eigenvalue weighted by Crippen LogP contribution is -2.24. The number of hydrogen-bond acceptors (Lipinski definition) is 5. The minimum absolute atomic E-state index is 0.00844. The number of carbonyl (C=O) groups is 1. The van der Waals surface area contributed by atoms with Crippen molar-refractivity contribution in [2.75, 3.05) is 24.6 Å². The first kappa shape index (κ1) is 17.8. The minimum atomic E-state index is -4.49. The van der Waals surface area contributed by atoms with Crippen LogP contribution in [0.4, 0.5) is 19.0 Å². The molecule has 4 rings (SSSR count). The van der Waals surface area contributed by atoms with Gasteiger partial charge in [-0.15, -0.1) is 0 Å². The maximum atomic E-state index is 13.6. The number of alkyl halides is 3. The van der Waals surface area contributed by atoms with E-state index in [2.05, 4.69) is 10.1 Å². The van der Waals surface area contributed by atoms with Crippen molar-refractivity contribution in [3.63, 3.8) is 0 Å². The van der Waals surface area contributed by atoms with Gasteiger partial charge in [0.1, 0.15) is 5.82 Å². The van der Waals surface area contributed by atoms with Gasteiger partial charge in [0.25, 0.3) is 0 Å². The standard InChI is InChI=1S/C18H19F3N4O2/c1-2-27-17(26)14-6-23-25(10-14)9-13-5-22-16(4-15(13)18(19,20)21)24-7-11-3-12(11)8-24/h4-6,10-12H,2-3,7-9H2,1H3. The highest BCUT2D eigenvalue weighted by atomic mass is 19.4. The van der Waals surface area contributed by atoms with Crippen molar-refractivity contribution < 1.29 is 22.7 Å². The van der Waals surface area contributed by atoms with E-state index in [1.165, 1.54) is 29.7 Å². The second-order valence-electron chi connectivity index (χ2n) is 7.01. The number of anilines is 1. The number of esters is 1. The zero-order valence-electron chi connectivity index (χ0n) is 14.7. The van der Waals surface area contributed by atoms with E-state index in [0.29, 0.717) is 17.7 Å². The largest absolute Gasteiger partial charge is 0.462 e. The van der Waals surface area contributed by atoms with Crippen LogP contribution >= 0.6 is 0 Å². The monoisotopic (exact) mass is 380 g/mol. The van der Waals surface area contributed by atoms with Gasteiger partial charge in [0.2, 0.25) is 0 Å². The number of rotatable bonds is 5. The van der Waals surface area contributed by atoms with E-state index in [9.17, 15) is 18.0 Å². The smallest absolute Gasteiger partial charge is 0.416 e. The van der Waals surface area contributed by atoms with Crippen molar-refractivity contribution in [2.24, 2.45) is 11.8 Å². The van der Waals surface area contributed by atoms with Gasteiger partial charge in [-0.25, -0.2) is 9.78 Å². The fraction of sp³-hybridized carbons (Fsp3) is 0.500. The summed E-state index contributed by atoms with van der Waals surface area (Å²) >= 11 is 0. The minimum Gasteiger partial charge on any atom is -0.462 e. The second-order valence-corrected chi connectivity index (χ2v) is 7.01. The maximum Gasteiger partial charge on any atom is 0.416 e. The maximum absolute atomic E-state index is 13.6. The Labute approximate surface area is 153 Å². The number of ether oxygens (including phenoxy) is 1. The first-order valence-electron chi connectivity index (χ1n) is 8.85. The van der Waals surface area contributed by atoms with Crippen LogP contribution in [0.25, 0.3) is 0 Å². The highest BCUT2D eigenvalue weighted by molar-refractivity contribution is 5.88. The molecule has 1 saturated heterocycles. The summed E-state index contributed by atoms with van der Waals surface area (Å²) in [5.41, 5.74) is -0.512. The summed E-state index contributed by atoms with van der Waals surface area (Å²) in [5.74, 6) is 1.02. The number of nitrogens with zero attached hydrogens (tertiary/aromatic N) is 4. The van der Waals surface area contributed by atoms with Crippen LogP contribution in [0.1, 0.15) is 34.8 Å². The number of piperidine rings is 1. The molecule has 3 heterocycles. The van der Waals surface area contributed by atoms with Crippen LogP contribution < -0.4 is 4.90 Å². The van der Waals surface area contributed by atoms with Gasteiger partial charge < -0.3 is 9.64 Å². The lowest BCUT2D eigenvalue weighted by molar-refractivity contribution is -0.138. The fourth-order valence-corrected chi connectivity index (χ4v) is 3.57. The van der Waals surface area contributed by atoms with Crippen molar-refractivity contribution >= 4 is 11.8 Å². The summed E-state index contributed by atoms with van der Waals surface area (Å²) in [7, 11) is 0.